The van der Waals surface area contributed by atoms with Gasteiger partial charge in [0, 0.05) is 24.6 Å². The van der Waals surface area contributed by atoms with Crippen molar-refractivity contribution in [3.05, 3.63) is 35.7 Å². The molecule has 2 aromatic rings. The molecule has 0 saturated heterocycles. The number of amides is 1. The molecule has 0 aliphatic heterocycles. The van der Waals surface area contributed by atoms with Gasteiger partial charge in [-0.25, -0.2) is 0 Å². The van der Waals surface area contributed by atoms with Crippen molar-refractivity contribution in [1.29, 1.82) is 0 Å². The molecule has 2 N–H and O–H groups in total. The second-order valence-electron chi connectivity index (χ2n) is 5.56. The largest absolute Gasteiger partial charge is 0.421 e. The molecular weight excluding hydrogens is 282 g/mol. The van der Waals surface area contributed by atoms with Crippen LogP contribution in [0.2, 0.25) is 0 Å². The maximum atomic E-state index is 12.0. The molecule has 0 aliphatic carbocycles. The Kier molecular flexibility index (Phi) is 5.27. The highest BCUT2D eigenvalue weighted by Gasteiger charge is 2.11. The standard InChI is InChI=1S/C16H21N3O3/c1-10(2)14(20)8-9-17-15(21)12-4-6-13(7-5-12)16-19-18-11(3)22-16/h4-7,10,14,20H,8-9H2,1-3H3,(H,17,21). The molecule has 1 unspecified atom stereocenters. The van der Waals surface area contributed by atoms with Gasteiger partial charge in [0.05, 0.1) is 6.10 Å². The number of carbonyl (C=O) groups is 1. The van der Waals surface area contributed by atoms with E-state index in [-0.39, 0.29) is 11.8 Å². The van der Waals surface area contributed by atoms with Gasteiger partial charge in [0.2, 0.25) is 11.8 Å². The van der Waals surface area contributed by atoms with Crippen LogP contribution < -0.4 is 5.32 Å². The van der Waals surface area contributed by atoms with Crippen LogP contribution in [0.25, 0.3) is 11.5 Å². The Balaban J connectivity index is 1.91. The summed E-state index contributed by atoms with van der Waals surface area (Å²) in [6.45, 7) is 6.07. The number of rotatable bonds is 6. The molecule has 6 nitrogen and oxygen atoms in total. The Hall–Kier alpha value is -2.21. The molecule has 1 aromatic heterocycles. The van der Waals surface area contributed by atoms with Crippen LogP contribution in [-0.2, 0) is 0 Å². The summed E-state index contributed by atoms with van der Waals surface area (Å²) in [7, 11) is 0. The van der Waals surface area contributed by atoms with Gasteiger partial charge >= 0.3 is 0 Å². The molecule has 6 heteroatoms. The second-order valence-corrected chi connectivity index (χ2v) is 5.56. The Bertz CT molecular complexity index is 620. The highest BCUT2D eigenvalue weighted by molar-refractivity contribution is 5.94. The van der Waals surface area contributed by atoms with Gasteiger partial charge in [-0.2, -0.15) is 0 Å². The van der Waals surface area contributed by atoms with E-state index < -0.39 is 6.10 Å². The summed E-state index contributed by atoms with van der Waals surface area (Å²) in [4.78, 5) is 12.0. The Morgan fingerprint density at radius 1 is 1.27 bits per heavy atom. The zero-order valence-electron chi connectivity index (χ0n) is 13.0. The summed E-state index contributed by atoms with van der Waals surface area (Å²) < 4.78 is 5.33. The fraction of sp³-hybridized carbons (Fsp3) is 0.438. The van der Waals surface area contributed by atoms with Crippen LogP contribution in [0.15, 0.2) is 28.7 Å². The number of nitrogens with one attached hydrogen (secondary N) is 1. The molecule has 0 saturated carbocycles. The van der Waals surface area contributed by atoms with E-state index in [4.69, 9.17) is 4.42 Å². The van der Waals surface area contributed by atoms with Crippen LogP contribution in [0.3, 0.4) is 0 Å². The highest BCUT2D eigenvalue weighted by atomic mass is 16.4. The van der Waals surface area contributed by atoms with Crippen molar-refractivity contribution < 1.29 is 14.3 Å². The third kappa shape index (κ3) is 4.14. The molecule has 0 radical (unpaired) electrons. The van der Waals surface area contributed by atoms with Gasteiger partial charge in [-0.1, -0.05) is 13.8 Å². The molecular formula is C16H21N3O3. The van der Waals surface area contributed by atoms with Crippen molar-refractivity contribution in [2.24, 2.45) is 5.92 Å². The maximum Gasteiger partial charge on any atom is 0.251 e. The molecule has 0 aliphatic rings. The number of benzene rings is 1. The van der Waals surface area contributed by atoms with Crippen LogP contribution in [0.5, 0.6) is 0 Å². The van der Waals surface area contributed by atoms with E-state index in [2.05, 4.69) is 15.5 Å². The summed E-state index contributed by atoms with van der Waals surface area (Å²) in [5, 5.41) is 20.2. The summed E-state index contributed by atoms with van der Waals surface area (Å²) in [6.07, 6.45) is 0.145. The van der Waals surface area contributed by atoms with Crippen LogP contribution in [0, 0.1) is 12.8 Å². The van der Waals surface area contributed by atoms with Gasteiger partial charge in [-0.05, 0) is 36.6 Å². The van der Waals surface area contributed by atoms with E-state index in [9.17, 15) is 9.90 Å². The van der Waals surface area contributed by atoms with Crippen LogP contribution in [-0.4, -0.2) is 33.9 Å². The molecule has 1 atom stereocenters. The van der Waals surface area contributed by atoms with Crippen LogP contribution in [0.1, 0.15) is 36.5 Å². The molecule has 0 bridgehead atoms. The first kappa shape index (κ1) is 16.2. The van der Waals surface area contributed by atoms with Gasteiger partial charge in [0.25, 0.3) is 5.91 Å². The summed E-state index contributed by atoms with van der Waals surface area (Å²) >= 11 is 0. The smallest absolute Gasteiger partial charge is 0.251 e. The molecule has 0 spiro atoms. The van der Waals surface area contributed by atoms with Crippen molar-refractivity contribution in [1.82, 2.24) is 15.5 Å². The summed E-state index contributed by atoms with van der Waals surface area (Å²) in [5.74, 6) is 0.961. The van der Waals surface area contributed by atoms with Gasteiger partial charge in [0.1, 0.15) is 0 Å². The summed E-state index contributed by atoms with van der Waals surface area (Å²) in [6, 6.07) is 6.96. The number of carbonyl (C=O) groups excluding carboxylic acids is 1. The lowest BCUT2D eigenvalue weighted by Crippen LogP contribution is -2.28. The SMILES string of the molecule is Cc1nnc(-c2ccc(C(=O)NCCC(O)C(C)C)cc2)o1. The lowest BCUT2D eigenvalue weighted by atomic mass is 10.0. The average molecular weight is 303 g/mol. The molecule has 1 amide bonds. The van der Waals surface area contributed by atoms with Crippen molar-refractivity contribution in [2.75, 3.05) is 6.54 Å². The second kappa shape index (κ2) is 7.17. The minimum atomic E-state index is -0.400. The quantitative estimate of drug-likeness (QED) is 0.854. The molecule has 2 rings (SSSR count). The summed E-state index contributed by atoms with van der Waals surface area (Å²) in [5.41, 5.74) is 1.33. The topological polar surface area (TPSA) is 88.2 Å². The third-order valence-corrected chi connectivity index (χ3v) is 3.42. The number of aliphatic hydroxyl groups excluding tert-OH is 1. The predicted molar refractivity (Wildman–Crippen MR) is 82.3 cm³/mol. The minimum Gasteiger partial charge on any atom is -0.421 e. The zero-order chi connectivity index (χ0) is 16.1. The predicted octanol–water partition coefficient (Wildman–Crippen LogP) is 2.18. The van der Waals surface area contributed by atoms with E-state index in [1.165, 1.54) is 0 Å². The van der Waals surface area contributed by atoms with E-state index in [1.807, 2.05) is 13.8 Å². The van der Waals surface area contributed by atoms with E-state index >= 15 is 0 Å². The van der Waals surface area contributed by atoms with E-state index in [0.29, 0.717) is 30.3 Å². The third-order valence-electron chi connectivity index (χ3n) is 3.42. The number of aromatic nitrogens is 2. The van der Waals surface area contributed by atoms with E-state index in [0.717, 1.165) is 5.56 Å². The van der Waals surface area contributed by atoms with Crippen LogP contribution in [0.4, 0.5) is 0 Å². The lowest BCUT2D eigenvalue weighted by molar-refractivity contribution is 0.0920. The fourth-order valence-electron chi connectivity index (χ4n) is 1.95. The monoisotopic (exact) mass is 303 g/mol. The Labute approximate surface area is 129 Å². The fourth-order valence-corrected chi connectivity index (χ4v) is 1.95. The van der Waals surface area contributed by atoms with Gasteiger partial charge < -0.3 is 14.8 Å². The lowest BCUT2D eigenvalue weighted by Gasteiger charge is -2.14. The maximum absolute atomic E-state index is 12.0. The number of nitrogens with zero attached hydrogens (tertiary/aromatic N) is 2. The van der Waals surface area contributed by atoms with Crippen molar-refractivity contribution in [2.45, 2.75) is 33.3 Å². The van der Waals surface area contributed by atoms with Gasteiger partial charge in [-0.15, -0.1) is 10.2 Å². The number of aliphatic hydroxyl groups is 1. The molecule has 1 aromatic carbocycles. The van der Waals surface area contributed by atoms with Crippen molar-refractivity contribution >= 4 is 5.91 Å². The molecule has 118 valence electrons. The van der Waals surface area contributed by atoms with Gasteiger partial charge in [-0.3, -0.25) is 4.79 Å². The first-order chi connectivity index (χ1) is 10.5. The number of hydrogen-bond acceptors (Lipinski definition) is 5. The van der Waals surface area contributed by atoms with Crippen molar-refractivity contribution in [3.63, 3.8) is 0 Å². The Morgan fingerprint density at radius 3 is 2.50 bits per heavy atom. The molecule has 1 heterocycles. The average Bonchev–Trinajstić information content (AvgIpc) is 2.93. The van der Waals surface area contributed by atoms with Gasteiger partial charge in [0.15, 0.2) is 0 Å². The first-order valence-electron chi connectivity index (χ1n) is 7.34. The zero-order valence-corrected chi connectivity index (χ0v) is 13.0. The molecule has 22 heavy (non-hydrogen) atoms. The van der Waals surface area contributed by atoms with Crippen LogP contribution >= 0.6 is 0 Å². The van der Waals surface area contributed by atoms with E-state index in [1.54, 1.807) is 31.2 Å². The Morgan fingerprint density at radius 2 is 1.95 bits per heavy atom. The normalized spacial score (nSPS) is 12.4. The van der Waals surface area contributed by atoms with Crippen molar-refractivity contribution in [3.8, 4) is 11.5 Å². The minimum absolute atomic E-state index is 0.163. The number of hydrogen-bond donors (Lipinski definition) is 2. The molecule has 0 fully saturated rings. The highest BCUT2D eigenvalue weighted by Crippen LogP contribution is 2.18. The number of aryl methyl sites for hydroxylation is 1. The first-order valence-corrected chi connectivity index (χ1v) is 7.34.